The van der Waals surface area contributed by atoms with Gasteiger partial charge in [0.15, 0.2) is 5.76 Å². The molecule has 1 N–H and O–H groups in total. The molecule has 0 amide bonds. The third-order valence-corrected chi connectivity index (χ3v) is 6.23. The first kappa shape index (κ1) is 19.1. The van der Waals surface area contributed by atoms with Crippen LogP contribution in [0.3, 0.4) is 0 Å². The van der Waals surface area contributed by atoms with Crippen molar-refractivity contribution in [3.63, 3.8) is 0 Å². The molecule has 0 saturated carbocycles. The number of nitrogens with zero attached hydrogens (tertiary/aromatic N) is 3. The van der Waals surface area contributed by atoms with Crippen LogP contribution in [-0.4, -0.2) is 36.5 Å². The molecule has 7 nitrogen and oxygen atoms in total. The lowest BCUT2D eigenvalue weighted by molar-refractivity contribution is 0.445. The topological polar surface area (TPSA) is 87.8 Å². The number of anilines is 1. The van der Waals surface area contributed by atoms with Gasteiger partial charge < -0.3 is 4.42 Å². The molecular weight excluding hydrogens is 364 g/mol. The van der Waals surface area contributed by atoms with E-state index in [0.717, 1.165) is 11.0 Å². The molecule has 0 aliphatic carbocycles. The molecule has 0 radical (unpaired) electrons. The van der Waals surface area contributed by atoms with Gasteiger partial charge in [-0.3, -0.25) is 5.43 Å². The number of aromatic nitrogens is 1. The van der Waals surface area contributed by atoms with Crippen LogP contribution < -0.4 is 5.43 Å². The highest BCUT2D eigenvalue weighted by Gasteiger charge is 2.21. The van der Waals surface area contributed by atoms with Crippen LogP contribution in [0.2, 0.25) is 0 Å². The average molecular weight is 386 g/mol. The molecule has 2 heterocycles. The molecule has 2 aromatic heterocycles. The van der Waals surface area contributed by atoms with E-state index in [1.165, 1.54) is 16.6 Å². The molecule has 3 aromatic rings. The van der Waals surface area contributed by atoms with Gasteiger partial charge >= 0.3 is 0 Å². The zero-order valence-electron chi connectivity index (χ0n) is 15.5. The van der Waals surface area contributed by atoms with Gasteiger partial charge in [0.1, 0.15) is 22.0 Å². The minimum Gasteiger partial charge on any atom is -0.455 e. The van der Waals surface area contributed by atoms with Crippen molar-refractivity contribution >= 4 is 32.5 Å². The lowest BCUT2D eigenvalue weighted by Crippen LogP contribution is -2.30. The molecule has 8 heteroatoms. The Hall–Kier alpha value is -2.71. The quantitative estimate of drug-likeness (QED) is 0.494. The van der Waals surface area contributed by atoms with Crippen molar-refractivity contribution in [2.45, 2.75) is 25.7 Å². The van der Waals surface area contributed by atoms with Crippen molar-refractivity contribution in [2.24, 2.45) is 5.10 Å². The molecule has 0 spiro atoms. The van der Waals surface area contributed by atoms with Gasteiger partial charge in [-0.15, -0.1) is 0 Å². The number of sulfonamides is 1. The van der Waals surface area contributed by atoms with E-state index in [1.807, 2.05) is 37.3 Å². The number of nitrogens with one attached hydrogen (secondary N) is 1. The first-order chi connectivity index (χ1) is 13.0. The van der Waals surface area contributed by atoms with Gasteiger partial charge in [-0.1, -0.05) is 32.0 Å². The van der Waals surface area contributed by atoms with Crippen LogP contribution in [0.4, 0.5) is 5.82 Å². The van der Waals surface area contributed by atoms with Gasteiger partial charge in [0.2, 0.25) is 10.0 Å². The largest absolute Gasteiger partial charge is 0.455 e. The smallest absolute Gasteiger partial charge is 0.244 e. The molecule has 0 unspecified atom stereocenters. The summed E-state index contributed by atoms with van der Waals surface area (Å²) in [6.45, 7) is 6.27. The summed E-state index contributed by atoms with van der Waals surface area (Å²) in [5, 5.41) is 5.28. The maximum Gasteiger partial charge on any atom is 0.244 e. The van der Waals surface area contributed by atoms with Crippen LogP contribution in [0, 0.1) is 0 Å². The van der Waals surface area contributed by atoms with Crippen molar-refractivity contribution in [1.29, 1.82) is 0 Å². The van der Waals surface area contributed by atoms with Crippen molar-refractivity contribution in [2.75, 3.05) is 18.5 Å². The van der Waals surface area contributed by atoms with Crippen molar-refractivity contribution < 1.29 is 12.8 Å². The van der Waals surface area contributed by atoms with E-state index in [1.54, 1.807) is 19.9 Å². The van der Waals surface area contributed by atoms with E-state index in [-0.39, 0.29) is 4.90 Å². The predicted octanol–water partition coefficient (Wildman–Crippen LogP) is 3.69. The van der Waals surface area contributed by atoms with Crippen molar-refractivity contribution in [3.8, 4) is 0 Å². The standard InChI is InChI=1S/C19H22N4O3S/c1-4-23(5-2)27(24,25)16-10-11-19(20-13-16)22-21-14(3)18-12-15-8-6-7-9-17(15)26-18/h6-13H,4-5H2,1-3H3,(H,20,22)/b21-14-. The first-order valence-corrected chi connectivity index (χ1v) is 10.1. The summed E-state index contributed by atoms with van der Waals surface area (Å²) < 4.78 is 32.1. The van der Waals surface area contributed by atoms with Crippen molar-refractivity contribution in [1.82, 2.24) is 9.29 Å². The van der Waals surface area contributed by atoms with Gasteiger partial charge in [0.25, 0.3) is 0 Å². The fraction of sp³-hybridized carbons (Fsp3) is 0.263. The van der Waals surface area contributed by atoms with E-state index in [0.29, 0.717) is 30.4 Å². The minimum atomic E-state index is -3.51. The number of para-hydroxylation sites is 1. The highest BCUT2D eigenvalue weighted by Crippen LogP contribution is 2.20. The number of hydrazone groups is 1. The summed E-state index contributed by atoms with van der Waals surface area (Å²) in [4.78, 5) is 4.31. The number of rotatable bonds is 7. The summed E-state index contributed by atoms with van der Waals surface area (Å²) in [5.74, 6) is 1.10. The van der Waals surface area contributed by atoms with Gasteiger partial charge in [-0.05, 0) is 31.2 Å². The molecule has 1 aromatic carbocycles. The molecule has 0 atom stereocenters. The summed E-state index contributed by atoms with van der Waals surface area (Å²) in [6, 6.07) is 12.8. The molecule has 142 valence electrons. The maximum atomic E-state index is 12.5. The molecule has 27 heavy (non-hydrogen) atoms. The second kappa shape index (κ2) is 7.89. The molecule has 0 aliphatic rings. The van der Waals surface area contributed by atoms with Crippen LogP contribution in [0.5, 0.6) is 0 Å². The molecular formula is C19H22N4O3S. The Labute approximate surface area is 158 Å². The highest BCUT2D eigenvalue weighted by atomic mass is 32.2. The predicted molar refractivity (Wildman–Crippen MR) is 106 cm³/mol. The lowest BCUT2D eigenvalue weighted by Gasteiger charge is -2.18. The number of benzene rings is 1. The van der Waals surface area contributed by atoms with E-state index in [2.05, 4.69) is 15.5 Å². The third-order valence-electron chi connectivity index (χ3n) is 4.20. The Morgan fingerprint density at radius 1 is 1.19 bits per heavy atom. The first-order valence-electron chi connectivity index (χ1n) is 8.71. The van der Waals surface area contributed by atoms with E-state index < -0.39 is 10.0 Å². The van der Waals surface area contributed by atoms with Gasteiger partial charge in [0, 0.05) is 24.7 Å². The van der Waals surface area contributed by atoms with Gasteiger partial charge in [-0.2, -0.15) is 9.41 Å². The zero-order chi connectivity index (χ0) is 19.4. The Kier molecular flexibility index (Phi) is 5.57. The summed E-state index contributed by atoms with van der Waals surface area (Å²) in [7, 11) is -3.51. The number of furan rings is 1. The highest BCUT2D eigenvalue weighted by molar-refractivity contribution is 7.89. The summed E-state index contributed by atoms with van der Waals surface area (Å²) in [6.07, 6.45) is 1.34. The second-order valence-electron chi connectivity index (χ2n) is 5.93. The van der Waals surface area contributed by atoms with Crippen LogP contribution in [0.15, 0.2) is 63.1 Å². The molecule has 0 bridgehead atoms. The number of fused-ring (bicyclic) bond motifs is 1. The maximum absolute atomic E-state index is 12.5. The van der Waals surface area contributed by atoms with Crippen LogP contribution in [0.1, 0.15) is 26.5 Å². The third kappa shape index (κ3) is 4.01. The SMILES string of the molecule is CCN(CC)S(=O)(=O)c1ccc(N/N=C(/C)c2cc3ccccc3o2)nc1. The zero-order valence-corrected chi connectivity index (χ0v) is 16.3. The van der Waals surface area contributed by atoms with Crippen molar-refractivity contribution in [3.05, 3.63) is 54.4 Å². The second-order valence-corrected chi connectivity index (χ2v) is 7.86. The molecule has 3 rings (SSSR count). The molecule has 0 saturated heterocycles. The van der Waals surface area contributed by atoms with Crippen LogP contribution in [0.25, 0.3) is 11.0 Å². The minimum absolute atomic E-state index is 0.162. The Balaban J connectivity index is 1.75. The Morgan fingerprint density at radius 3 is 2.56 bits per heavy atom. The van der Waals surface area contributed by atoms with Crippen LogP contribution in [-0.2, 0) is 10.0 Å². The van der Waals surface area contributed by atoms with Gasteiger partial charge in [0.05, 0.1) is 0 Å². The fourth-order valence-electron chi connectivity index (χ4n) is 2.67. The average Bonchev–Trinajstić information content (AvgIpc) is 3.11. The molecule has 0 aliphatic heterocycles. The summed E-state index contributed by atoms with van der Waals surface area (Å²) >= 11 is 0. The number of hydrogen-bond acceptors (Lipinski definition) is 6. The van der Waals surface area contributed by atoms with Crippen LogP contribution >= 0.6 is 0 Å². The van der Waals surface area contributed by atoms with E-state index in [9.17, 15) is 8.42 Å². The van der Waals surface area contributed by atoms with E-state index in [4.69, 9.17) is 4.42 Å². The Bertz CT molecular complexity index is 1020. The fourth-order valence-corrected chi connectivity index (χ4v) is 4.07. The number of pyridine rings is 1. The summed E-state index contributed by atoms with van der Waals surface area (Å²) in [5.41, 5.74) is 4.29. The molecule has 0 fully saturated rings. The lowest BCUT2D eigenvalue weighted by atomic mass is 10.2. The Morgan fingerprint density at radius 2 is 1.93 bits per heavy atom. The van der Waals surface area contributed by atoms with Gasteiger partial charge in [-0.25, -0.2) is 13.4 Å². The normalized spacial score (nSPS) is 12.7. The van der Waals surface area contributed by atoms with E-state index >= 15 is 0 Å². The number of hydrogen-bond donors (Lipinski definition) is 1. The monoisotopic (exact) mass is 386 g/mol.